The van der Waals surface area contributed by atoms with E-state index in [0.717, 1.165) is 0 Å². The number of amides is 1. The van der Waals surface area contributed by atoms with Crippen molar-refractivity contribution in [3.8, 4) is 0 Å². The van der Waals surface area contributed by atoms with Crippen LogP contribution in [0, 0.1) is 11.8 Å². The Morgan fingerprint density at radius 3 is 2.13 bits per heavy atom. The molecule has 1 saturated heterocycles. The SMILES string of the molecule is O=C(O)C1CC1C(=O)N1CCN(S(=O)(=O)c2ccccc2)CC1. The number of carbonyl (C=O) groups excluding carboxylic acids is 1. The molecule has 3 rings (SSSR count). The van der Waals surface area contributed by atoms with Gasteiger partial charge in [0, 0.05) is 26.2 Å². The normalized spacial score (nSPS) is 25.1. The molecule has 0 spiro atoms. The van der Waals surface area contributed by atoms with Crippen LogP contribution in [0.15, 0.2) is 35.2 Å². The van der Waals surface area contributed by atoms with Crippen molar-refractivity contribution in [3.63, 3.8) is 0 Å². The monoisotopic (exact) mass is 338 g/mol. The van der Waals surface area contributed by atoms with Crippen molar-refractivity contribution in [2.45, 2.75) is 11.3 Å². The predicted octanol–water partition coefficient (Wildman–Crippen LogP) is 0.240. The molecule has 7 nitrogen and oxygen atoms in total. The zero-order chi connectivity index (χ0) is 16.6. The van der Waals surface area contributed by atoms with Crippen LogP contribution >= 0.6 is 0 Å². The number of hydrogen-bond acceptors (Lipinski definition) is 4. The van der Waals surface area contributed by atoms with Gasteiger partial charge in [0.1, 0.15) is 0 Å². The first-order valence-corrected chi connectivity index (χ1v) is 8.92. The second kappa shape index (κ2) is 5.93. The third-order valence-electron chi connectivity index (χ3n) is 4.36. The third-order valence-corrected chi connectivity index (χ3v) is 6.27. The maximum atomic E-state index is 12.5. The van der Waals surface area contributed by atoms with Crippen molar-refractivity contribution >= 4 is 21.9 Å². The molecule has 1 amide bonds. The molecule has 1 saturated carbocycles. The lowest BCUT2D eigenvalue weighted by molar-refractivity contribution is -0.142. The Labute approximate surface area is 134 Å². The lowest BCUT2D eigenvalue weighted by Gasteiger charge is -2.34. The van der Waals surface area contributed by atoms with Crippen molar-refractivity contribution in [3.05, 3.63) is 30.3 Å². The molecule has 2 aliphatic rings. The molecule has 2 fully saturated rings. The molecule has 124 valence electrons. The molecule has 1 aromatic carbocycles. The van der Waals surface area contributed by atoms with Gasteiger partial charge in [-0.05, 0) is 18.6 Å². The van der Waals surface area contributed by atoms with E-state index in [4.69, 9.17) is 5.11 Å². The van der Waals surface area contributed by atoms with Gasteiger partial charge >= 0.3 is 5.97 Å². The molecule has 0 aromatic heterocycles. The summed E-state index contributed by atoms with van der Waals surface area (Å²) in [7, 11) is -3.54. The highest BCUT2D eigenvalue weighted by molar-refractivity contribution is 7.89. The molecular formula is C15H18N2O5S. The maximum Gasteiger partial charge on any atom is 0.307 e. The van der Waals surface area contributed by atoms with Crippen molar-refractivity contribution in [2.75, 3.05) is 26.2 Å². The molecule has 2 atom stereocenters. The van der Waals surface area contributed by atoms with Crippen LogP contribution in [0.2, 0.25) is 0 Å². The number of nitrogens with zero attached hydrogens (tertiary/aromatic N) is 2. The topological polar surface area (TPSA) is 95.0 Å². The van der Waals surface area contributed by atoms with Gasteiger partial charge in [-0.1, -0.05) is 18.2 Å². The van der Waals surface area contributed by atoms with Crippen LogP contribution in [-0.4, -0.2) is 60.8 Å². The molecule has 1 heterocycles. The van der Waals surface area contributed by atoms with Gasteiger partial charge in [-0.25, -0.2) is 8.42 Å². The van der Waals surface area contributed by atoms with Gasteiger partial charge in [-0.15, -0.1) is 0 Å². The lowest BCUT2D eigenvalue weighted by atomic mass is 10.2. The number of aliphatic carboxylic acids is 1. The Balaban J connectivity index is 1.61. The average molecular weight is 338 g/mol. The quantitative estimate of drug-likeness (QED) is 0.848. The number of carboxylic acids is 1. The van der Waals surface area contributed by atoms with Gasteiger partial charge < -0.3 is 10.0 Å². The number of hydrogen-bond donors (Lipinski definition) is 1. The first kappa shape index (κ1) is 15.9. The van der Waals surface area contributed by atoms with Crippen LogP contribution in [0.25, 0.3) is 0 Å². The Bertz CT molecular complexity index is 711. The third kappa shape index (κ3) is 3.09. The molecule has 8 heteroatoms. The summed E-state index contributed by atoms with van der Waals surface area (Å²) < 4.78 is 26.4. The lowest BCUT2D eigenvalue weighted by Crippen LogP contribution is -2.51. The summed E-state index contributed by atoms with van der Waals surface area (Å²) in [5.74, 6) is -2.12. The Kier molecular flexibility index (Phi) is 4.11. The van der Waals surface area contributed by atoms with Crippen LogP contribution in [-0.2, 0) is 19.6 Å². The summed E-state index contributed by atoms with van der Waals surface area (Å²) in [4.78, 5) is 24.9. The van der Waals surface area contributed by atoms with Crippen molar-refractivity contribution < 1.29 is 23.1 Å². The standard InChI is InChI=1S/C15H18N2O5S/c18-14(12-10-13(12)15(19)20)16-6-8-17(9-7-16)23(21,22)11-4-2-1-3-5-11/h1-5,12-13H,6-10H2,(H,19,20). The average Bonchev–Trinajstić information content (AvgIpc) is 3.36. The number of sulfonamides is 1. The highest BCUT2D eigenvalue weighted by atomic mass is 32.2. The number of piperazine rings is 1. The van der Waals surface area contributed by atoms with Gasteiger partial charge in [0.25, 0.3) is 0 Å². The van der Waals surface area contributed by atoms with Gasteiger partial charge in [0.15, 0.2) is 0 Å². The molecular weight excluding hydrogens is 320 g/mol. The van der Waals surface area contributed by atoms with E-state index in [-0.39, 0.29) is 23.9 Å². The highest BCUT2D eigenvalue weighted by Crippen LogP contribution is 2.40. The van der Waals surface area contributed by atoms with Crippen LogP contribution in [0.5, 0.6) is 0 Å². The summed E-state index contributed by atoms with van der Waals surface area (Å²) in [5.41, 5.74) is 0. The van der Waals surface area contributed by atoms with Crippen LogP contribution in [0.3, 0.4) is 0 Å². The molecule has 0 radical (unpaired) electrons. The first-order chi connectivity index (χ1) is 10.9. The van der Waals surface area contributed by atoms with E-state index in [9.17, 15) is 18.0 Å². The summed E-state index contributed by atoms with van der Waals surface area (Å²) in [6, 6.07) is 8.20. The summed E-state index contributed by atoms with van der Waals surface area (Å²) in [6.07, 6.45) is 0.386. The zero-order valence-electron chi connectivity index (χ0n) is 12.5. The summed E-state index contributed by atoms with van der Waals surface area (Å²) >= 11 is 0. The van der Waals surface area contributed by atoms with Crippen LogP contribution < -0.4 is 0 Å². The molecule has 0 bridgehead atoms. The molecule has 2 unspecified atom stereocenters. The van der Waals surface area contributed by atoms with Crippen molar-refractivity contribution in [1.82, 2.24) is 9.21 Å². The van der Waals surface area contributed by atoms with Gasteiger partial charge in [-0.3, -0.25) is 9.59 Å². The largest absolute Gasteiger partial charge is 0.481 e. The van der Waals surface area contributed by atoms with E-state index in [2.05, 4.69) is 0 Å². The van der Waals surface area contributed by atoms with Gasteiger partial charge in [0.05, 0.1) is 16.7 Å². The number of rotatable bonds is 4. The van der Waals surface area contributed by atoms with E-state index >= 15 is 0 Å². The van der Waals surface area contributed by atoms with Crippen LogP contribution in [0.4, 0.5) is 0 Å². The van der Waals surface area contributed by atoms with Crippen molar-refractivity contribution in [1.29, 1.82) is 0 Å². The van der Waals surface area contributed by atoms with E-state index in [1.165, 1.54) is 4.31 Å². The molecule has 1 aromatic rings. The minimum Gasteiger partial charge on any atom is -0.481 e. The first-order valence-electron chi connectivity index (χ1n) is 7.48. The molecule has 1 N–H and O–H groups in total. The minimum absolute atomic E-state index is 0.172. The smallest absolute Gasteiger partial charge is 0.307 e. The number of benzene rings is 1. The number of carboxylic acid groups (broad SMARTS) is 1. The Morgan fingerprint density at radius 2 is 1.61 bits per heavy atom. The van der Waals surface area contributed by atoms with E-state index in [1.54, 1.807) is 35.2 Å². The summed E-state index contributed by atoms with van der Waals surface area (Å²) in [6.45, 7) is 1.06. The summed E-state index contributed by atoms with van der Waals surface area (Å²) in [5, 5.41) is 8.89. The number of carbonyl (C=O) groups is 2. The fourth-order valence-corrected chi connectivity index (χ4v) is 4.31. The van der Waals surface area contributed by atoms with E-state index in [0.29, 0.717) is 19.5 Å². The minimum atomic E-state index is -3.54. The van der Waals surface area contributed by atoms with E-state index < -0.39 is 27.8 Å². The second-order valence-electron chi connectivity index (χ2n) is 5.83. The fraction of sp³-hybridized carbons (Fsp3) is 0.467. The fourth-order valence-electron chi connectivity index (χ4n) is 2.87. The second-order valence-corrected chi connectivity index (χ2v) is 7.77. The molecule has 1 aliphatic carbocycles. The van der Waals surface area contributed by atoms with Gasteiger partial charge in [-0.2, -0.15) is 4.31 Å². The Hall–Kier alpha value is -1.93. The predicted molar refractivity (Wildman–Crippen MR) is 81.0 cm³/mol. The van der Waals surface area contributed by atoms with Gasteiger partial charge in [0.2, 0.25) is 15.9 Å². The zero-order valence-corrected chi connectivity index (χ0v) is 13.3. The van der Waals surface area contributed by atoms with Crippen LogP contribution in [0.1, 0.15) is 6.42 Å². The van der Waals surface area contributed by atoms with Crippen molar-refractivity contribution in [2.24, 2.45) is 11.8 Å². The molecule has 23 heavy (non-hydrogen) atoms. The molecule has 1 aliphatic heterocycles. The highest BCUT2D eigenvalue weighted by Gasteiger charge is 2.50. The Morgan fingerprint density at radius 1 is 1.00 bits per heavy atom. The maximum absolute atomic E-state index is 12.5. The van der Waals surface area contributed by atoms with E-state index in [1.807, 2.05) is 0 Å².